The largest absolute Gasteiger partial charge is 0.383 e. The van der Waals surface area contributed by atoms with Gasteiger partial charge in [0.05, 0.1) is 6.61 Å². The summed E-state index contributed by atoms with van der Waals surface area (Å²) in [4.78, 5) is 2.36. The van der Waals surface area contributed by atoms with E-state index in [1.54, 1.807) is 11.4 Å². The second-order valence-electron chi connectivity index (χ2n) is 5.76. The standard InChI is InChI=1S/C13H27N3O3S/c1-19-10-9-15-6-4-5-13(12-15)11-14-20(17,18)16-7-2-3-8-16/h13-14H,2-12H2,1H3. The molecule has 1 N–H and O–H groups in total. The minimum atomic E-state index is -3.25. The summed E-state index contributed by atoms with van der Waals surface area (Å²) < 4.78 is 33.7. The van der Waals surface area contributed by atoms with Crippen LogP contribution in [0.4, 0.5) is 0 Å². The van der Waals surface area contributed by atoms with Gasteiger partial charge in [-0.15, -0.1) is 0 Å². The Kier molecular flexibility index (Phi) is 6.22. The van der Waals surface area contributed by atoms with Gasteiger partial charge in [0.2, 0.25) is 0 Å². The van der Waals surface area contributed by atoms with E-state index in [0.717, 1.165) is 51.9 Å². The minimum Gasteiger partial charge on any atom is -0.383 e. The van der Waals surface area contributed by atoms with Gasteiger partial charge in [0, 0.05) is 39.8 Å². The summed E-state index contributed by atoms with van der Waals surface area (Å²) >= 11 is 0. The summed E-state index contributed by atoms with van der Waals surface area (Å²) in [7, 11) is -1.54. The molecule has 2 aliphatic heterocycles. The molecule has 20 heavy (non-hydrogen) atoms. The number of rotatable bonds is 7. The first-order chi connectivity index (χ1) is 9.62. The number of nitrogens with zero attached hydrogens (tertiary/aromatic N) is 2. The van der Waals surface area contributed by atoms with Crippen LogP contribution in [0.5, 0.6) is 0 Å². The molecule has 2 fully saturated rings. The van der Waals surface area contributed by atoms with E-state index in [0.29, 0.717) is 25.6 Å². The van der Waals surface area contributed by atoms with Gasteiger partial charge in [-0.3, -0.25) is 0 Å². The average Bonchev–Trinajstić information content (AvgIpc) is 2.98. The fourth-order valence-electron chi connectivity index (χ4n) is 2.98. The number of piperidine rings is 1. The Hall–Kier alpha value is -0.210. The van der Waals surface area contributed by atoms with Crippen LogP contribution in [0, 0.1) is 5.92 Å². The van der Waals surface area contributed by atoms with Crippen LogP contribution in [0.15, 0.2) is 0 Å². The van der Waals surface area contributed by atoms with Crippen molar-refractivity contribution < 1.29 is 13.2 Å². The molecule has 0 amide bonds. The zero-order valence-electron chi connectivity index (χ0n) is 12.4. The smallest absolute Gasteiger partial charge is 0.279 e. The number of methoxy groups -OCH3 is 1. The molecule has 0 aromatic heterocycles. The van der Waals surface area contributed by atoms with Gasteiger partial charge in [-0.2, -0.15) is 12.7 Å². The highest BCUT2D eigenvalue weighted by atomic mass is 32.2. The fraction of sp³-hybridized carbons (Fsp3) is 1.00. The van der Waals surface area contributed by atoms with Crippen molar-refractivity contribution in [3.05, 3.63) is 0 Å². The fourth-order valence-corrected chi connectivity index (χ4v) is 4.35. The lowest BCUT2D eigenvalue weighted by Crippen LogP contribution is -2.45. The molecule has 1 unspecified atom stereocenters. The molecule has 0 saturated carbocycles. The number of nitrogens with one attached hydrogen (secondary N) is 1. The second kappa shape index (κ2) is 7.70. The summed E-state index contributed by atoms with van der Waals surface area (Å²) in [5, 5.41) is 0. The molecule has 7 heteroatoms. The lowest BCUT2D eigenvalue weighted by Gasteiger charge is -2.32. The van der Waals surface area contributed by atoms with E-state index in [1.165, 1.54) is 0 Å². The maximum atomic E-state index is 12.1. The van der Waals surface area contributed by atoms with Crippen LogP contribution in [-0.4, -0.2) is 70.6 Å². The summed E-state index contributed by atoms with van der Waals surface area (Å²) in [6.07, 6.45) is 4.20. The van der Waals surface area contributed by atoms with E-state index < -0.39 is 10.2 Å². The third-order valence-electron chi connectivity index (χ3n) is 4.17. The van der Waals surface area contributed by atoms with E-state index in [2.05, 4.69) is 9.62 Å². The predicted molar refractivity (Wildman–Crippen MR) is 78.8 cm³/mol. The number of likely N-dealkylation sites (tertiary alicyclic amines) is 1. The van der Waals surface area contributed by atoms with Gasteiger partial charge in [0.15, 0.2) is 0 Å². The average molecular weight is 305 g/mol. The van der Waals surface area contributed by atoms with Gasteiger partial charge in [0.1, 0.15) is 0 Å². The van der Waals surface area contributed by atoms with E-state index >= 15 is 0 Å². The summed E-state index contributed by atoms with van der Waals surface area (Å²) in [5.41, 5.74) is 0. The molecule has 6 nitrogen and oxygen atoms in total. The van der Waals surface area contributed by atoms with E-state index in [-0.39, 0.29) is 0 Å². The third kappa shape index (κ3) is 4.66. The maximum absolute atomic E-state index is 12.1. The third-order valence-corrected chi connectivity index (χ3v) is 5.75. The van der Waals surface area contributed by atoms with E-state index in [4.69, 9.17) is 4.74 Å². The van der Waals surface area contributed by atoms with Crippen molar-refractivity contribution in [2.24, 2.45) is 5.92 Å². The first kappa shape index (κ1) is 16.2. The van der Waals surface area contributed by atoms with Crippen molar-refractivity contribution in [1.82, 2.24) is 13.9 Å². The van der Waals surface area contributed by atoms with Crippen LogP contribution >= 0.6 is 0 Å². The Labute approximate surface area is 122 Å². The molecule has 0 radical (unpaired) electrons. The first-order valence-corrected chi connectivity index (χ1v) is 9.02. The second-order valence-corrected chi connectivity index (χ2v) is 7.52. The maximum Gasteiger partial charge on any atom is 0.279 e. The van der Waals surface area contributed by atoms with E-state index in [9.17, 15) is 8.42 Å². The summed E-state index contributed by atoms with van der Waals surface area (Å²) in [6, 6.07) is 0. The van der Waals surface area contributed by atoms with E-state index in [1.807, 2.05) is 0 Å². The van der Waals surface area contributed by atoms with Crippen LogP contribution in [-0.2, 0) is 14.9 Å². The van der Waals surface area contributed by atoms with Crippen molar-refractivity contribution in [2.45, 2.75) is 25.7 Å². The molecule has 0 spiro atoms. The molecule has 0 aromatic carbocycles. The molecule has 118 valence electrons. The van der Waals surface area contributed by atoms with Crippen LogP contribution in [0.25, 0.3) is 0 Å². The van der Waals surface area contributed by atoms with Crippen molar-refractivity contribution in [3.63, 3.8) is 0 Å². The van der Waals surface area contributed by atoms with Crippen molar-refractivity contribution >= 4 is 10.2 Å². The monoisotopic (exact) mass is 305 g/mol. The zero-order chi connectivity index (χ0) is 14.4. The highest BCUT2D eigenvalue weighted by molar-refractivity contribution is 7.87. The molecule has 0 aliphatic carbocycles. The highest BCUT2D eigenvalue weighted by Crippen LogP contribution is 2.17. The van der Waals surface area contributed by atoms with Crippen LogP contribution < -0.4 is 4.72 Å². The Bertz CT molecular complexity index is 382. The summed E-state index contributed by atoms with van der Waals surface area (Å²) in [5.74, 6) is 0.415. The van der Waals surface area contributed by atoms with Crippen LogP contribution in [0.2, 0.25) is 0 Å². The lowest BCUT2D eigenvalue weighted by atomic mass is 9.98. The quantitative estimate of drug-likeness (QED) is 0.734. The van der Waals surface area contributed by atoms with Gasteiger partial charge < -0.3 is 9.64 Å². The molecular formula is C13H27N3O3S. The SMILES string of the molecule is COCCN1CCCC(CNS(=O)(=O)N2CCCC2)C1. The minimum absolute atomic E-state index is 0.415. The molecule has 2 aliphatic rings. The number of ether oxygens (including phenoxy) is 1. The Balaban J connectivity index is 1.75. The Morgan fingerprint density at radius 2 is 1.95 bits per heavy atom. The lowest BCUT2D eigenvalue weighted by molar-refractivity contribution is 0.115. The topological polar surface area (TPSA) is 61.9 Å². The molecule has 1 atom stereocenters. The predicted octanol–water partition coefficient (Wildman–Crippen LogP) is 0.275. The van der Waals surface area contributed by atoms with Crippen molar-refractivity contribution in [3.8, 4) is 0 Å². The zero-order valence-corrected chi connectivity index (χ0v) is 13.2. The van der Waals surface area contributed by atoms with Gasteiger partial charge in [0.25, 0.3) is 10.2 Å². The van der Waals surface area contributed by atoms with Gasteiger partial charge in [-0.1, -0.05) is 0 Å². The molecule has 2 heterocycles. The number of hydrogen-bond acceptors (Lipinski definition) is 4. The van der Waals surface area contributed by atoms with Crippen molar-refractivity contribution in [1.29, 1.82) is 0 Å². The molecule has 2 saturated heterocycles. The van der Waals surface area contributed by atoms with Gasteiger partial charge in [-0.05, 0) is 38.1 Å². The Morgan fingerprint density at radius 1 is 1.20 bits per heavy atom. The molecule has 0 aromatic rings. The highest BCUT2D eigenvalue weighted by Gasteiger charge is 2.27. The molecule has 0 bridgehead atoms. The molecule has 2 rings (SSSR count). The number of hydrogen-bond donors (Lipinski definition) is 1. The molecular weight excluding hydrogens is 278 g/mol. The first-order valence-electron chi connectivity index (χ1n) is 7.58. The van der Waals surface area contributed by atoms with Crippen LogP contribution in [0.1, 0.15) is 25.7 Å². The van der Waals surface area contributed by atoms with Gasteiger partial charge in [-0.25, -0.2) is 4.72 Å². The Morgan fingerprint density at radius 3 is 2.65 bits per heavy atom. The van der Waals surface area contributed by atoms with Crippen LogP contribution in [0.3, 0.4) is 0 Å². The summed E-state index contributed by atoms with van der Waals surface area (Å²) in [6.45, 7) is 5.63. The van der Waals surface area contributed by atoms with Crippen molar-refractivity contribution in [2.75, 3.05) is 53.0 Å². The van der Waals surface area contributed by atoms with Gasteiger partial charge >= 0.3 is 0 Å². The normalized spacial score (nSPS) is 26.1.